The normalized spacial score (nSPS) is 20.6. The average molecular weight is 660 g/mol. The fourth-order valence-corrected chi connectivity index (χ4v) is 6.67. The number of ether oxygens (including phenoxy) is 2. The Morgan fingerprint density at radius 1 is 1.04 bits per heavy atom. The van der Waals surface area contributed by atoms with Crippen LogP contribution in [0, 0.1) is 0 Å². The molecular formula is C34H41ClF3N5O3. The summed E-state index contributed by atoms with van der Waals surface area (Å²) in [5.74, 6) is 0.405. The van der Waals surface area contributed by atoms with Gasteiger partial charge in [-0.2, -0.15) is 13.2 Å². The highest BCUT2D eigenvalue weighted by Gasteiger charge is 2.42. The highest BCUT2D eigenvalue weighted by molar-refractivity contribution is 6.30. The highest BCUT2D eigenvalue weighted by Crippen LogP contribution is 2.36. The third kappa shape index (κ3) is 8.41. The van der Waals surface area contributed by atoms with Gasteiger partial charge >= 0.3 is 12.3 Å². The molecule has 2 aliphatic heterocycles. The van der Waals surface area contributed by atoms with Gasteiger partial charge in [0.15, 0.2) is 0 Å². The molecule has 2 saturated heterocycles. The van der Waals surface area contributed by atoms with Crippen molar-refractivity contribution in [2.75, 3.05) is 36.1 Å². The molecule has 8 nitrogen and oxygen atoms in total. The number of amides is 1. The van der Waals surface area contributed by atoms with Crippen LogP contribution in [0.1, 0.15) is 56.7 Å². The number of likely N-dealkylation sites (tertiary alicyclic amines) is 1. The number of piperidine rings is 1. The van der Waals surface area contributed by atoms with Gasteiger partial charge in [0.05, 0.1) is 43.0 Å². The molecule has 0 spiro atoms. The van der Waals surface area contributed by atoms with E-state index in [0.29, 0.717) is 50.4 Å². The first-order chi connectivity index (χ1) is 22.0. The monoisotopic (exact) mass is 659 g/mol. The van der Waals surface area contributed by atoms with E-state index in [1.807, 2.05) is 60.9 Å². The lowest BCUT2D eigenvalue weighted by atomic mass is 9.86. The van der Waals surface area contributed by atoms with Crippen LogP contribution in [0.2, 0.25) is 5.02 Å². The van der Waals surface area contributed by atoms with E-state index in [9.17, 15) is 18.0 Å². The molecule has 0 unspecified atom stereocenters. The summed E-state index contributed by atoms with van der Waals surface area (Å²) in [5, 5.41) is 0.00741. The predicted octanol–water partition coefficient (Wildman–Crippen LogP) is 7.39. The zero-order valence-electron chi connectivity index (χ0n) is 26.4. The van der Waals surface area contributed by atoms with Crippen LogP contribution in [0.15, 0.2) is 60.9 Å². The lowest BCUT2D eigenvalue weighted by Gasteiger charge is -2.47. The predicted molar refractivity (Wildman–Crippen MR) is 172 cm³/mol. The average Bonchev–Trinajstić information content (AvgIpc) is 3.03. The molecule has 0 radical (unpaired) electrons. The molecule has 5 rings (SSSR count). The largest absolute Gasteiger partial charge is 0.447 e. The molecule has 0 N–H and O–H groups in total. The molecule has 2 aromatic carbocycles. The topological polar surface area (TPSA) is 71.0 Å². The van der Waals surface area contributed by atoms with Crippen molar-refractivity contribution in [1.29, 1.82) is 0 Å². The number of morpholine rings is 1. The number of aromatic nitrogens is 2. The minimum atomic E-state index is -4.54. The number of carbonyl (C=O) groups excluding carboxylic acids is 1. The van der Waals surface area contributed by atoms with Crippen LogP contribution in [0.3, 0.4) is 0 Å². The molecule has 1 amide bonds. The molecule has 0 saturated carbocycles. The fraction of sp³-hybridized carbons (Fsp3) is 0.500. The summed E-state index contributed by atoms with van der Waals surface area (Å²) in [6, 6.07) is 13.0. The summed E-state index contributed by atoms with van der Waals surface area (Å²) in [4.78, 5) is 29.0. The van der Waals surface area contributed by atoms with Crippen LogP contribution >= 0.6 is 11.6 Å². The van der Waals surface area contributed by atoms with Gasteiger partial charge in [0.1, 0.15) is 0 Å². The maximum atomic E-state index is 13.8. The first-order valence-corrected chi connectivity index (χ1v) is 16.2. The van der Waals surface area contributed by atoms with Gasteiger partial charge in [-0.15, -0.1) is 0 Å². The molecule has 1 aromatic heterocycles. The Labute approximate surface area is 273 Å². The maximum Gasteiger partial charge on any atom is 0.416 e. The Balaban J connectivity index is 1.52. The molecule has 2 fully saturated rings. The number of halogens is 4. The fourth-order valence-electron chi connectivity index (χ4n) is 6.41. The van der Waals surface area contributed by atoms with Gasteiger partial charge in [-0.1, -0.05) is 48.9 Å². The minimum Gasteiger partial charge on any atom is -0.447 e. The van der Waals surface area contributed by atoms with Gasteiger partial charge < -0.3 is 24.2 Å². The van der Waals surface area contributed by atoms with E-state index in [1.54, 1.807) is 18.5 Å². The number of anilines is 2. The summed E-state index contributed by atoms with van der Waals surface area (Å²) in [6.45, 7) is 8.48. The number of rotatable bonds is 9. The highest BCUT2D eigenvalue weighted by atomic mass is 35.5. The second-order valence-corrected chi connectivity index (χ2v) is 12.6. The van der Waals surface area contributed by atoms with Crippen molar-refractivity contribution in [2.45, 2.75) is 83.4 Å². The Hall–Kier alpha value is -3.57. The van der Waals surface area contributed by atoms with Gasteiger partial charge in [0, 0.05) is 42.8 Å². The van der Waals surface area contributed by atoms with E-state index in [-0.39, 0.29) is 41.9 Å². The number of hydrogen-bond acceptors (Lipinski definition) is 7. The SMILES string of the molecule is CC[C@@H]1C[C@H](N(Cc2cc(Cl)cc(C(F)(F)F)c2)c2ncc(N3CCOCC3)cn2)C[C@H](Cc2ccccc2)N1C(=O)OC(C)C. The van der Waals surface area contributed by atoms with E-state index in [4.69, 9.17) is 31.0 Å². The van der Waals surface area contributed by atoms with Crippen LogP contribution in [-0.4, -0.2) is 71.5 Å². The van der Waals surface area contributed by atoms with Gasteiger partial charge in [0.2, 0.25) is 5.95 Å². The zero-order valence-corrected chi connectivity index (χ0v) is 27.2. The van der Waals surface area contributed by atoms with E-state index >= 15 is 0 Å². The number of benzene rings is 2. The molecule has 0 aliphatic carbocycles. The van der Waals surface area contributed by atoms with Gasteiger partial charge in [-0.05, 0) is 68.9 Å². The van der Waals surface area contributed by atoms with Crippen molar-refractivity contribution < 1.29 is 27.4 Å². The Kier molecular flexibility index (Phi) is 10.9. The number of alkyl halides is 3. The van der Waals surface area contributed by atoms with Gasteiger partial charge in [-0.25, -0.2) is 14.8 Å². The number of carbonyl (C=O) groups is 1. The molecule has 2 aliphatic rings. The molecule has 0 bridgehead atoms. The molecule has 248 valence electrons. The van der Waals surface area contributed by atoms with Crippen molar-refractivity contribution in [3.63, 3.8) is 0 Å². The first-order valence-electron chi connectivity index (χ1n) is 15.8. The van der Waals surface area contributed by atoms with Crippen LogP contribution in [0.4, 0.5) is 29.6 Å². The molecule has 3 atom stereocenters. The Morgan fingerprint density at radius 2 is 1.72 bits per heavy atom. The summed E-state index contributed by atoms with van der Waals surface area (Å²) >= 11 is 6.21. The van der Waals surface area contributed by atoms with E-state index in [0.717, 1.165) is 36.5 Å². The molecular weight excluding hydrogens is 619 g/mol. The summed E-state index contributed by atoms with van der Waals surface area (Å²) in [6.07, 6.45) is 0.717. The van der Waals surface area contributed by atoms with Crippen LogP contribution < -0.4 is 9.80 Å². The van der Waals surface area contributed by atoms with E-state index in [2.05, 4.69) is 4.90 Å². The van der Waals surface area contributed by atoms with E-state index in [1.165, 1.54) is 0 Å². The quantitative estimate of drug-likeness (QED) is 0.237. The summed E-state index contributed by atoms with van der Waals surface area (Å²) < 4.78 is 52.5. The van der Waals surface area contributed by atoms with E-state index < -0.39 is 11.7 Å². The molecule has 12 heteroatoms. The second-order valence-electron chi connectivity index (χ2n) is 12.2. The lowest BCUT2D eigenvalue weighted by molar-refractivity contribution is -0.137. The van der Waals surface area contributed by atoms with Gasteiger partial charge in [0.25, 0.3) is 0 Å². The Morgan fingerprint density at radius 3 is 2.35 bits per heavy atom. The number of nitrogens with zero attached hydrogens (tertiary/aromatic N) is 5. The summed E-state index contributed by atoms with van der Waals surface area (Å²) in [7, 11) is 0. The standard InChI is InChI=1S/C34H41ClF3N5O3/c1-4-28-18-29(19-30(16-24-8-6-5-7-9-24)43(28)33(44)46-23(2)3)42(22-25-14-26(34(36,37)38)17-27(35)15-25)32-39-20-31(21-40-32)41-10-12-45-13-11-41/h5-9,14-15,17,20-21,23,28-30H,4,10-13,16,18-19,22H2,1-3H3/t28-,29+,30+/m1/s1. The third-order valence-electron chi connectivity index (χ3n) is 8.54. The minimum absolute atomic E-state index is 0.00741. The summed E-state index contributed by atoms with van der Waals surface area (Å²) in [5.41, 5.74) is 1.52. The van der Waals surface area contributed by atoms with Crippen molar-refractivity contribution in [3.05, 3.63) is 82.6 Å². The van der Waals surface area contributed by atoms with Crippen LogP contribution in [0.25, 0.3) is 0 Å². The second kappa shape index (κ2) is 14.9. The van der Waals surface area contributed by atoms with Crippen LogP contribution in [-0.2, 0) is 28.6 Å². The molecule has 3 aromatic rings. The van der Waals surface area contributed by atoms with Gasteiger partial charge in [-0.3, -0.25) is 0 Å². The Bertz CT molecular complexity index is 1440. The van der Waals surface area contributed by atoms with Crippen molar-refractivity contribution in [1.82, 2.24) is 14.9 Å². The lowest BCUT2D eigenvalue weighted by Crippen LogP contribution is -2.58. The molecule has 46 heavy (non-hydrogen) atoms. The first kappa shape index (κ1) is 33.8. The third-order valence-corrected chi connectivity index (χ3v) is 8.76. The van der Waals surface area contributed by atoms with Crippen LogP contribution in [0.5, 0.6) is 0 Å². The number of hydrogen-bond donors (Lipinski definition) is 0. The zero-order chi connectivity index (χ0) is 32.8. The van der Waals surface area contributed by atoms with Crippen molar-refractivity contribution >= 4 is 29.3 Å². The van der Waals surface area contributed by atoms with Crippen molar-refractivity contribution in [2.24, 2.45) is 0 Å². The smallest absolute Gasteiger partial charge is 0.416 e. The maximum absolute atomic E-state index is 13.8. The molecule has 3 heterocycles. The van der Waals surface area contributed by atoms with Crippen molar-refractivity contribution in [3.8, 4) is 0 Å².